The van der Waals surface area contributed by atoms with Crippen molar-refractivity contribution in [3.63, 3.8) is 0 Å². The molecule has 0 saturated heterocycles. The van der Waals surface area contributed by atoms with Gasteiger partial charge in [-0.25, -0.2) is 4.79 Å². The molecule has 0 aliphatic heterocycles. The largest absolute Gasteiger partial charge is 0.489 e. The molecule has 0 saturated carbocycles. The van der Waals surface area contributed by atoms with Crippen molar-refractivity contribution in [3.8, 4) is 5.75 Å². The molecule has 0 radical (unpaired) electrons. The number of aromatic carboxylic acids is 1. The molecule has 0 spiro atoms. The Balaban J connectivity index is 0.00000176. The quantitative estimate of drug-likeness (QED) is 0.755. The molecule has 0 aromatic heterocycles. The number of ether oxygens (including phenoxy) is 1. The van der Waals surface area contributed by atoms with Gasteiger partial charge in [0.05, 0.1) is 5.56 Å². The van der Waals surface area contributed by atoms with Crippen molar-refractivity contribution < 1.29 is 14.6 Å². The fourth-order valence-electron chi connectivity index (χ4n) is 2.19. The van der Waals surface area contributed by atoms with Crippen LogP contribution < -0.4 is 4.74 Å². The number of hydrogen-bond donors (Lipinski definition) is 1. The second-order valence-electron chi connectivity index (χ2n) is 4.80. The zero-order valence-electron chi connectivity index (χ0n) is 11.3. The molecule has 0 fully saturated rings. The van der Waals surface area contributed by atoms with Gasteiger partial charge in [0.1, 0.15) is 12.4 Å². The average molecular weight is 294 g/mol. The molecule has 0 unspecified atom stereocenters. The van der Waals surface area contributed by atoms with Crippen molar-refractivity contribution in [1.82, 2.24) is 0 Å². The van der Waals surface area contributed by atoms with Gasteiger partial charge < -0.3 is 9.84 Å². The van der Waals surface area contributed by atoms with E-state index in [0.29, 0.717) is 12.2 Å². The van der Waals surface area contributed by atoms with Crippen LogP contribution in [0.3, 0.4) is 0 Å². The molecule has 112 valence electrons. The van der Waals surface area contributed by atoms with Crippen LogP contribution in [0.4, 0.5) is 0 Å². The van der Waals surface area contributed by atoms with E-state index in [0.717, 1.165) is 22.1 Å². The van der Waals surface area contributed by atoms with Gasteiger partial charge in [0.15, 0.2) is 0 Å². The van der Waals surface area contributed by atoms with Gasteiger partial charge in [-0.3, -0.25) is 0 Å². The highest BCUT2D eigenvalue weighted by Gasteiger charge is 2.04. The molecule has 1 N–H and O–H groups in total. The fraction of sp³-hybridized carbons (Fsp3) is 0.105. The number of carboxylic acids is 1. The van der Waals surface area contributed by atoms with E-state index in [4.69, 9.17) is 9.84 Å². The van der Waals surface area contributed by atoms with E-state index in [1.54, 1.807) is 18.2 Å². The summed E-state index contributed by atoms with van der Waals surface area (Å²) in [5.74, 6) is -0.143. The first-order valence-electron chi connectivity index (χ1n) is 6.66. The van der Waals surface area contributed by atoms with Crippen LogP contribution in [0.25, 0.3) is 10.8 Å². The molecule has 0 aliphatic rings. The number of carbonyl (C=O) groups is 1. The highest BCUT2D eigenvalue weighted by molar-refractivity contribution is 5.94. The van der Waals surface area contributed by atoms with Gasteiger partial charge in [0.25, 0.3) is 0 Å². The van der Waals surface area contributed by atoms with E-state index in [9.17, 15) is 4.79 Å². The van der Waals surface area contributed by atoms with Gasteiger partial charge in [-0.15, -0.1) is 0 Å². The smallest absolute Gasteiger partial charge is 0.335 e. The Kier molecular flexibility index (Phi) is 4.79. The van der Waals surface area contributed by atoms with Crippen LogP contribution in [0.15, 0.2) is 66.7 Å². The van der Waals surface area contributed by atoms with Crippen LogP contribution in [0.5, 0.6) is 5.75 Å². The van der Waals surface area contributed by atoms with Crippen LogP contribution in [0.1, 0.15) is 23.3 Å². The monoisotopic (exact) mass is 294 g/mol. The van der Waals surface area contributed by atoms with Gasteiger partial charge in [0, 0.05) is 0 Å². The molecule has 22 heavy (non-hydrogen) atoms. The molecular formula is C19H18O3. The van der Waals surface area contributed by atoms with E-state index >= 15 is 0 Å². The summed E-state index contributed by atoms with van der Waals surface area (Å²) in [5.41, 5.74) is 1.40. The summed E-state index contributed by atoms with van der Waals surface area (Å²) in [4.78, 5) is 10.9. The van der Waals surface area contributed by atoms with E-state index < -0.39 is 5.97 Å². The Morgan fingerprint density at radius 2 is 1.59 bits per heavy atom. The second-order valence-corrected chi connectivity index (χ2v) is 4.80. The minimum atomic E-state index is -0.915. The summed E-state index contributed by atoms with van der Waals surface area (Å²) in [7, 11) is 0. The summed E-state index contributed by atoms with van der Waals surface area (Å²) in [6, 6.07) is 20.7. The van der Waals surface area contributed by atoms with Gasteiger partial charge in [-0.2, -0.15) is 0 Å². The van der Waals surface area contributed by atoms with Crippen LogP contribution in [0, 0.1) is 0 Å². The van der Waals surface area contributed by atoms with Crippen LogP contribution in [-0.4, -0.2) is 11.1 Å². The van der Waals surface area contributed by atoms with Gasteiger partial charge >= 0.3 is 5.97 Å². The predicted molar refractivity (Wildman–Crippen MR) is 88.4 cm³/mol. The molecule has 0 bridgehead atoms. The molecule has 3 nitrogen and oxygen atoms in total. The lowest BCUT2D eigenvalue weighted by Gasteiger charge is -2.08. The Morgan fingerprint density at radius 3 is 2.32 bits per heavy atom. The Bertz CT molecular complexity index is 779. The van der Waals surface area contributed by atoms with E-state index in [1.165, 1.54) is 0 Å². The first kappa shape index (κ1) is 15.6. The Labute approximate surface area is 129 Å². The molecule has 3 aromatic rings. The SMILES string of the molecule is C.O=C(O)c1ccc2cc(OCc3ccccc3)ccc2c1. The van der Waals surface area contributed by atoms with Crippen molar-refractivity contribution in [2.24, 2.45) is 0 Å². The normalized spacial score (nSPS) is 10.0. The van der Waals surface area contributed by atoms with Gasteiger partial charge in [-0.1, -0.05) is 49.9 Å². The van der Waals surface area contributed by atoms with Crippen molar-refractivity contribution in [1.29, 1.82) is 0 Å². The first-order chi connectivity index (χ1) is 10.2. The maximum Gasteiger partial charge on any atom is 0.335 e. The average Bonchev–Trinajstić information content (AvgIpc) is 2.53. The lowest BCUT2D eigenvalue weighted by Crippen LogP contribution is -1.96. The molecule has 0 aliphatic carbocycles. The van der Waals surface area contributed by atoms with Crippen molar-refractivity contribution in [3.05, 3.63) is 77.9 Å². The number of carboxylic acid groups (broad SMARTS) is 1. The summed E-state index contributed by atoms with van der Waals surface area (Å²) in [6.45, 7) is 0.513. The third kappa shape index (κ3) is 3.44. The fourth-order valence-corrected chi connectivity index (χ4v) is 2.19. The minimum Gasteiger partial charge on any atom is -0.489 e. The molecular weight excluding hydrogens is 276 g/mol. The zero-order valence-corrected chi connectivity index (χ0v) is 11.3. The highest BCUT2D eigenvalue weighted by atomic mass is 16.5. The predicted octanol–water partition coefficient (Wildman–Crippen LogP) is 4.75. The third-order valence-corrected chi connectivity index (χ3v) is 3.31. The zero-order chi connectivity index (χ0) is 14.7. The first-order valence-corrected chi connectivity index (χ1v) is 6.66. The topological polar surface area (TPSA) is 46.5 Å². The lowest BCUT2D eigenvalue weighted by molar-refractivity contribution is 0.0697. The molecule has 0 atom stereocenters. The highest BCUT2D eigenvalue weighted by Crippen LogP contribution is 2.23. The van der Waals surface area contributed by atoms with E-state index in [2.05, 4.69) is 0 Å². The summed E-state index contributed by atoms with van der Waals surface area (Å²) >= 11 is 0. The molecule has 3 heteroatoms. The number of rotatable bonds is 4. The Morgan fingerprint density at radius 1 is 0.909 bits per heavy atom. The standard InChI is InChI=1S/C18H14O3.CH4/c19-18(20)16-7-6-15-11-17(9-8-14(15)10-16)21-12-13-4-2-1-3-5-13;/h1-11H,12H2,(H,19,20);1H4. The number of fused-ring (bicyclic) bond motifs is 1. The van der Waals surface area contributed by atoms with Gasteiger partial charge in [-0.05, 0) is 40.6 Å². The second kappa shape index (κ2) is 6.76. The van der Waals surface area contributed by atoms with E-state index in [-0.39, 0.29) is 7.43 Å². The van der Waals surface area contributed by atoms with Crippen molar-refractivity contribution in [2.45, 2.75) is 14.0 Å². The van der Waals surface area contributed by atoms with Crippen molar-refractivity contribution >= 4 is 16.7 Å². The maximum atomic E-state index is 10.9. The number of hydrogen-bond acceptors (Lipinski definition) is 2. The Hall–Kier alpha value is -2.81. The molecule has 0 amide bonds. The lowest BCUT2D eigenvalue weighted by atomic mass is 10.1. The molecule has 0 heterocycles. The van der Waals surface area contributed by atoms with Gasteiger partial charge in [0.2, 0.25) is 0 Å². The van der Waals surface area contributed by atoms with Crippen LogP contribution in [-0.2, 0) is 6.61 Å². The molecule has 3 rings (SSSR count). The van der Waals surface area contributed by atoms with E-state index in [1.807, 2.05) is 48.5 Å². The maximum absolute atomic E-state index is 10.9. The summed E-state index contributed by atoms with van der Waals surface area (Å²) < 4.78 is 5.76. The van der Waals surface area contributed by atoms with Crippen LogP contribution in [0.2, 0.25) is 0 Å². The third-order valence-electron chi connectivity index (χ3n) is 3.31. The summed E-state index contributed by atoms with van der Waals surface area (Å²) in [5, 5.41) is 10.8. The number of benzene rings is 3. The minimum absolute atomic E-state index is 0. The molecule has 3 aromatic carbocycles. The van der Waals surface area contributed by atoms with Crippen molar-refractivity contribution in [2.75, 3.05) is 0 Å². The summed E-state index contributed by atoms with van der Waals surface area (Å²) in [6.07, 6.45) is 0. The van der Waals surface area contributed by atoms with Crippen LogP contribution >= 0.6 is 0 Å².